The van der Waals surface area contributed by atoms with Crippen LogP contribution in [0.1, 0.15) is 70.6 Å². The second-order valence-electron chi connectivity index (χ2n) is 7.93. The van der Waals surface area contributed by atoms with Gasteiger partial charge >= 0.3 is 6.03 Å². The molecular formula is C19H34N2O2. The SMILES string of the molecule is CN(CC1CCCCO1)C(=O)NC(C1CCCC1)C1CCCC1. The molecule has 1 atom stereocenters. The molecule has 2 aliphatic carbocycles. The standard InChI is InChI=1S/C19H34N2O2/c1-21(14-17-12-6-7-13-23-17)19(22)20-18(15-8-2-3-9-15)16-10-4-5-11-16/h15-18H,2-14H2,1H3,(H,20,22). The summed E-state index contributed by atoms with van der Waals surface area (Å²) in [6.07, 6.45) is 14.3. The first-order valence-electron chi connectivity index (χ1n) is 9.87. The summed E-state index contributed by atoms with van der Waals surface area (Å²) < 4.78 is 5.78. The van der Waals surface area contributed by atoms with Crippen molar-refractivity contribution in [1.29, 1.82) is 0 Å². The number of rotatable bonds is 5. The van der Waals surface area contributed by atoms with E-state index in [1.807, 2.05) is 11.9 Å². The van der Waals surface area contributed by atoms with Crippen LogP contribution >= 0.6 is 0 Å². The number of hydrogen-bond donors (Lipinski definition) is 1. The molecule has 1 aliphatic heterocycles. The maximum Gasteiger partial charge on any atom is 0.317 e. The van der Waals surface area contributed by atoms with Crippen LogP contribution in [0.4, 0.5) is 4.79 Å². The third kappa shape index (κ3) is 4.62. The van der Waals surface area contributed by atoms with Crippen LogP contribution in [0.3, 0.4) is 0 Å². The molecule has 1 heterocycles. The first-order valence-corrected chi connectivity index (χ1v) is 9.87. The van der Waals surface area contributed by atoms with Crippen LogP contribution in [0.25, 0.3) is 0 Å². The van der Waals surface area contributed by atoms with E-state index in [-0.39, 0.29) is 12.1 Å². The van der Waals surface area contributed by atoms with Gasteiger partial charge in [0.1, 0.15) is 0 Å². The minimum absolute atomic E-state index is 0.114. The molecule has 2 saturated carbocycles. The topological polar surface area (TPSA) is 41.6 Å². The highest BCUT2D eigenvalue weighted by molar-refractivity contribution is 5.74. The van der Waals surface area contributed by atoms with Crippen molar-refractivity contribution in [2.24, 2.45) is 11.8 Å². The molecule has 0 bridgehead atoms. The molecule has 0 aromatic rings. The van der Waals surface area contributed by atoms with Crippen molar-refractivity contribution in [2.75, 3.05) is 20.2 Å². The second kappa shape index (κ2) is 8.36. The van der Waals surface area contributed by atoms with E-state index in [1.165, 1.54) is 57.8 Å². The van der Waals surface area contributed by atoms with Gasteiger partial charge in [-0.15, -0.1) is 0 Å². The Hall–Kier alpha value is -0.770. The minimum atomic E-state index is 0.114. The van der Waals surface area contributed by atoms with Gasteiger partial charge in [0.15, 0.2) is 0 Å². The summed E-state index contributed by atoms with van der Waals surface area (Å²) in [5.74, 6) is 1.42. The molecule has 0 spiro atoms. The number of amides is 2. The fourth-order valence-electron chi connectivity index (χ4n) is 4.85. The van der Waals surface area contributed by atoms with Crippen LogP contribution in [-0.2, 0) is 4.74 Å². The van der Waals surface area contributed by atoms with Crippen molar-refractivity contribution in [2.45, 2.75) is 82.8 Å². The molecule has 3 rings (SSSR count). The first-order chi connectivity index (χ1) is 11.2. The van der Waals surface area contributed by atoms with E-state index in [2.05, 4.69) is 5.32 Å². The Kier molecular flexibility index (Phi) is 6.21. The summed E-state index contributed by atoms with van der Waals surface area (Å²) in [4.78, 5) is 14.6. The van der Waals surface area contributed by atoms with Crippen molar-refractivity contribution in [3.8, 4) is 0 Å². The molecule has 3 aliphatic rings. The highest BCUT2D eigenvalue weighted by atomic mass is 16.5. The Morgan fingerprint density at radius 2 is 1.57 bits per heavy atom. The van der Waals surface area contributed by atoms with Gasteiger partial charge in [0.25, 0.3) is 0 Å². The van der Waals surface area contributed by atoms with Gasteiger partial charge in [-0.3, -0.25) is 0 Å². The smallest absolute Gasteiger partial charge is 0.317 e. The third-order valence-corrected chi connectivity index (χ3v) is 6.20. The summed E-state index contributed by atoms with van der Waals surface area (Å²) in [5, 5.41) is 3.42. The number of urea groups is 1. The van der Waals surface area contributed by atoms with Crippen molar-refractivity contribution in [3.63, 3.8) is 0 Å². The van der Waals surface area contributed by atoms with E-state index in [0.717, 1.165) is 26.0 Å². The van der Waals surface area contributed by atoms with Crippen molar-refractivity contribution in [1.82, 2.24) is 10.2 Å². The molecule has 4 nitrogen and oxygen atoms in total. The minimum Gasteiger partial charge on any atom is -0.376 e. The number of hydrogen-bond acceptors (Lipinski definition) is 2. The molecule has 132 valence electrons. The zero-order valence-electron chi connectivity index (χ0n) is 14.8. The maximum atomic E-state index is 12.7. The predicted molar refractivity (Wildman–Crippen MR) is 92.5 cm³/mol. The van der Waals surface area contributed by atoms with Crippen molar-refractivity contribution in [3.05, 3.63) is 0 Å². The molecule has 0 aromatic carbocycles. The van der Waals surface area contributed by atoms with Gasteiger partial charge in [-0.2, -0.15) is 0 Å². The predicted octanol–water partition coefficient (Wildman–Crippen LogP) is 3.95. The summed E-state index contributed by atoms with van der Waals surface area (Å²) in [6, 6.07) is 0.519. The number of ether oxygens (including phenoxy) is 1. The van der Waals surface area contributed by atoms with Crippen LogP contribution in [0.2, 0.25) is 0 Å². The number of carbonyl (C=O) groups excluding carboxylic acids is 1. The molecule has 2 amide bonds. The second-order valence-corrected chi connectivity index (χ2v) is 7.93. The molecule has 1 saturated heterocycles. The maximum absolute atomic E-state index is 12.7. The van der Waals surface area contributed by atoms with Crippen LogP contribution in [0, 0.1) is 11.8 Å². The molecular weight excluding hydrogens is 288 g/mol. The summed E-state index contributed by atoms with van der Waals surface area (Å²) in [6.45, 7) is 1.58. The van der Waals surface area contributed by atoms with Crippen molar-refractivity contribution >= 4 is 6.03 Å². The van der Waals surface area contributed by atoms with Gasteiger partial charge in [0.2, 0.25) is 0 Å². The van der Waals surface area contributed by atoms with Crippen molar-refractivity contribution < 1.29 is 9.53 Å². The van der Waals surface area contributed by atoms with E-state index < -0.39 is 0 Å². The fraction of sp³-hybridized carbons (Fsp3) is 0.947. The normalized spacial score (nSPS) is 26.8. The lowest BCUT2D eigenvalue weighted by molar-refractivity contribution is 0.00346. The monoisotopic (exact) mass is 322 g/mol. The average molecular weight is 322 g/mol. The zero-order valence-corrected chi connectivity index (χ0v) is 14.8. The summed E-state index contributed by atoms with van der Waals surface area (Å²) in [7, 11) is 1.92. The van der Waals surface area contributed by atoms with E-state index in [0.29, 0.717) is 17.9 Å². The number of likely N-dealkylation sites (N-methyl/N-ethyl adjacent to an activating group) is 1. The van der Waals surface area contributed by atoms with Crippen LogP contribution < -0.4 is 5.32 Å². The highest BCUT2D eigenvalue weighted by Gasteiger charge is 2.34. The number of nitrogens with one attached hydrogen (secondary N) is 1. The van der Waals surface area contributed by atoms with Crippen LogP contribution in [0.15, 0.2) is 0 Å². The Labute approximate surface area is 141 Å². The van der Waals surface area contributed by atoms with E-state index >= 15 is 0 Å². The lowest BCUT2D eigenvalue weighted by Crippen LogP contribution is -2.50. The van der Waals surface area contributed by atoms with Crippen LogP contribution in [-0.4, -0.2) is 43.3 Å². The lowest BCUT2D eigenvalue weighted by Gasteiger charge is -2.33. The Bertz CT molecular complexity index is 354. The highest BCUT2D eigenvalue weighted by Crippen LogP contribution is 2.37. The zero-order chi connectivity index (χ0) is 16.1. The molecule has 3 fully saturated rings. The lowest BCUT2D eigenvalue weighted by atomic mass is 9.86. The van der Waals surface area contributed by atoms with Gasteiger partial charge in [-0.05, 0) is 56.8 Å². The molecule has 23 heavy (non-hydrogen) atoms. The van der Waals surface area contributed by atoms with E-state index in [1.54, 1.807) is 0 Å². The fourth-order valence-corrected chi connectivity index (χ4v) is 4.85. The molecule has 1 N–H and O–H groups in total. The molecule has 0 radical (unpaired) electrons. The Morgan fingerprint density at radius 3 is 2.09 bits per heavy atom. The quantitative estimate of drug-likeness (QED) is 0.833. The van der Waals surface area contributed by atoms with E-state index in [9.17, 15) is 4.79 Å². The average Bonchev–Trinajstić information content (AvgIpc) is 3.27. The van der Waals surface area contributed by atoms with Crippen LogP contribution in [0.5, 0.6) is 0 Å². The molecule has 1 unspecified atom stereocenters. The van der Waals surface area contributed by atoms with Gasteiger partial charge in [-0.25, -0.2) is 4.79 Å². The molecule has 0 aromatic heterocycles. The largest absolute Gasteiger partial charge is 0.376 e. The number of carbonyl (C=O) groups is 1. The summed E-state index contributed by atoms with van der Waals surface area (Å²) >= 11 is 0. The Morgan fingerprint density at radius 1 is 1.00 bits per heavy atom. The van der Waals surface area contributed by atoms with E-state index in [4.69, 9.17) is 4.74 Å². The number of nitrogens with zero attached hydrogens (tertiary/aromatic N) is 1. The van der Waals surface area contributed by atoms with Gasteiger partial charge in [0.05, 0.1) is 6.10 Å². The first kappa shape index (κ1) is 17.1. The third-order valence-electron chi connectivity index (χ3n) is 6.20. The van der Waals surface area contributed by atoms with Gasteiger partial charge in [0, 0.05) is 26.2 Å². The molecule has 4 heteroatoms. The van der Waals surface area contributed by atoms with Gasteiger partial charge < -0.3 is 15.0 Å². The summed E-state index contributed by atoms with van der Waals surface area (Å²) in [5.41, 5.74) is 0. The Balaban J connectivity index is 1.53. The van der Waals surface area contributed by atoms with Gasteiger partial charge in [-0.1, -0.05) is 25.7 Å².